The van der Waals surface area contributed by atoms with Crippen LogP contribution in [-0.2, 0) is 0 Å². The van der Waals surface area contributed by atoms with Crippen LogP contribution in [-0.4, -0.2) is 17.0 Å². The molecule has 0 fully saturated rings. The molecular weight excluding hydrogens is 206 g/mol. The lowest BCUT2D eigenvalue weighted by molar-refractivity contribution is 1.000. The Morgan fingerprint density at radius 2 is 1.91 bits per heavy atom. The summed E-state index contributed by atoms with van der Waals surface area (Å²) in [5, 5.41) is 2.98. The van der Waals surface area contributed by atoms with Gasteiger partial charge in [0.1, 0.15) is 11.6 Å². The Hall–Kier alpha value is -0.640. The normalized spacial score (nSPS) is 9.82. The largest absolute Gasteiger partial charge is 0.372 e. The number of anilines is 1. The van der Waals surface area contributed by atoms with Crippen LogP contribution in [0.2, 0.25) is 0 Å². The highest BCUT2D eigenvalue weighted by Crippen LogP contribution is 2.21. The second kappa shape index (κ2) is 3.17. The number of hydrogen-bond donors (Lipinski definition) is 1. The maximum absolute atomic E-state index is 4.18. The molecule has 0 unspecified atom stereocenters. The topological polar surface area (TPSA) is 37.8 Å². The van der Waals surface area contributed by atoms with Gasteiger partial charge in [-0.15, -0.1) is 0 Å². The summed E-state index contributed by atoms with van der Waals surface area (Å²) >= 11 is 3.39. The highest BCUT2D eigenvalue weighted by molar-refractivity contribution is 9.10. The number of aromatic nitrogens is 2. The van der Waals surface area contributed by atoms with Gasteiger partial charge in [0, 0.05) is 7.05 Å². The lowest BCUT2D eigenvalue weighted by Crippen LogP contribution is -2.00. The van der Waals surface area contributed by atoms with Crippen LogP contribution >= 0.6 is 15.9 Å². The van der Waals surface area contributed by atoms with E-state index in [-0.39, 0.29) is 0 Å². The van der Waals surface area contributed by atoms with Crippen molar-refractivity contribution in [3.8, 4) is 0 Å². The van der Waals surface area contributed by atoms with Crippen LogP contribution in [0.4, 0.5) is 5.82 Å². The van der Waals surface area contributed by atoms with Gasteiger partial charge in [0.2, 0.25) is 0 Å². The number of halogens is 1. The van der Waals surface area contributed by atoms with E-state index >= 15 is 0 Å². The number of nitrogens with zero attached hydrogens (tertiary/aromatic N) is 2. The molecule has 0 atom stereocenters. The quantitative estimate of drug-likeness (QED) is 0.778. The van der Waals surface area contributed by atoms with Crippen LogP contribution < -0.4 is 5.32 Å². The third kappa shape index (κ3) is 1.68. The van der Waals surface area contributed by atoms with Gasteiger partial charge in [-0.2, -0.15) is 0 Å². The molecule has 1 aromatic heterocycles. The van der Waals surface area contributed by atoms with Crippen LogP contribution in [0.25, 0.3) is 0 Å². The summed E-state index contributed by atoms with van der Waals surface area (Å²) in [5.74, 6) is 1.63. The minimum absolute atomic E-state index is 0.787. The molecule has 0 spiro atoms. The van der Waals surface area contributed by atoms with Gasteiger partial charge >= 0.3 is 0 Å². The first-order chi connectivity index (χ1) is 5.15. The molecular formula is C7H10BrN3. The predicted octanol–water partition coefficient (Wildman–Crippen LogP) is 1.90. The summed E-state index contributed by atoms with van der Waals surface area (Å²) in [4.78, 5) is 8.37. The molecule has 1 aromatic rings. The lowest BCUT2D eigenvalue weighted by Gasteiger charge is -2.05. The zero-order valence-electron chi connectivity index (χ0n) is 6.77. The lowest BCUT2D eigenvalue weighted by atomic mass is 10.4. The molecule has 60 valence electrons. The first-order valence-corrected chi connectivity index (χ1v) is 4.13. The average Bonchev–Trinajstić information content (AvgIpc) is 1.96. The second-order valence-electron chi connectivity index (χ2n) is 2.27. The minimum Gasteiger partial charge on any atom is -0.372 e. The van der Waals surface area contributed by atoms with Crippen LogP contribution in [0.1, 0.15) is 11.5 Å². The van der Waals surface area contributed by atoms with Gasteiger partial charge in [0.15, 0.2) is 0 Å². The Bertz CT molecular complexity index is 273. The molecule has 1 heterocycles. The van der Waals surface area contributed by atoms with Gasteiger partial charge in [-0.3, -0.25) is 0 Å². The molecule has 0 aliphatic heterocycles. The minimum atomic E-state index is 0.787. The third-order valence-electron chi connectivity index (χ3n) is 1.37. The molecule has 0 radical (unpaired) electrons. The third-order valence-corrected chi connectivity index (χ3v) is 2.31. The number of rotatable bonds is 1. The van der Waals surface area contributed by atoms with E-state index in [1.165, 1.54) is 0 Å². The highest BCUT2D eigenvalue weighted by atomic mass is 79.9. The van der Waals surface area contributed by atoms with E-state index < -0.39 is 0 Å². The van der Waals surface area contributed by atoms with Crippen LogP contribution in [0, 0.1) is 13.8 Å². The van der Waals surface area contributed by atoms with Crippen molar-refractivity contribution in [1.29, 1.82) is 0 Å². The van der Waals surface area contributed by atoms with Crippen molar-refractivity contribution in [2.24, 2.45) is 0 Å². The molecule has 3 nitrogen and oxygen atoms in total. The SMILES string of the molecule is CNc1nc(C)nc(C)c1Br. The van der Waals surface area contributed by atoms with Crippen molar-refractivity contribution in [2.75, 3.05) is 12.4 Å². The molecule has 0 amide bonds. The molecule has 0 aromatic carbocycles. The Morgan fingerprint density at radius 3 is 2.45 bits per heavy atom. The van der Waals surface area contributed by atoms with Crippen molar-refractivity contribution in [3.63, 3.8) is 0 Å². The van der Waals surface area contributed by atoms with Crippen LogP contribution in [0.3, 0.4) is 0 Å². The zero-order valence-corrected chi connectivity index (χ0v) is 8.36. The van der Waals surface area contributed by atoms with Crippen molar-refractivity contribution >= 4 is 21.7 Å². The molecule has 0 saturated heterocycles. The molecule has 0 saturated carbocycles. The first-order valence-electron chi connectivity index (χ1n) is 3.33. The number of nitrogens with one attached hydrogen (secondary N) is 1. The van der Waals surface area contributed by atoms with Gasteiger partial charge in [0.05, 0.1) is 10.2 Å². The van der Waals surface area contributed by atoms with E-state index in [1.807, 2.05) is 20.9 Å². The summed E-state index contributed by atoms with van der Waals surface area (Å²) < 4.78 is 0.936. The maximum atomic E-state index is 4.18. The van der Waals surface area contributed by atoms with Gasteiger partial charge in [0.25, 0.3) is 0 Å². The summed E-state index contributed by atoms with van der Waals surface area (Å²) in [6, 6.07) is 0. The fourth-order valence-electron chi connectivity index (χ4n) is 0.865. The highest BCUT2D eigenvalue weighted by Gasteiger charge is 2.04. The summed E-state index contributed by atoms with van der Waals surface area (Å²) in [7, 11) is 1.84. The Labute approximate surface area is 74.4 Å². The molecule has 0 bridgehead atoms. The standard InChI is InChI=1S/C7H10BrN3/c1-4-6(8)7(9-3)11-5(2)10-4/h1-3H3,(H,9,10,11). The first kappa shape index (κ1) is 8.46. The van der Waals surface area contributed by atoms with Crippen LogP contribution in [0.5, 0.6) is 0 Å². The predicted molar refractivity (Wildman–Crippen MR) is 48.8 cm³/mol. The Morgan fingerprint density at radius 1 is 1.27 bits per heavy atom. The van der Waals surface area contributed by atoms with Crippen molar-refractivity contribution in [2.45, 2.75) is 13.8 Å². The van der Waals surface area contributed by atoms with E-state index in [4.69, 9.17) is 0 Å². The van der Waals surface area contributed by atoms with E-state index in [2.05, 4.69) is 31.2 Å². The second-order valence-corrected chi connectivity index (χ2v) is 3.06. The zero-order chi connectivity index (χ0) is 8.43. The van der Waals surface area contributed by atoms with E-state index in [1.54, 1.807) is 0 Å². The smallest absolute Gasteiger partial charge is 0.144 e. The van der Waals surface area contributed by atoms with Crippen molar-refractivity contribution < 1.29 is 0 Å². The Kier molecular flexibility index (Phi) is 2.44. The fourth-order valence-corrected chi connectivity index (χ4v) is 1.24. The molecule has 11 heavy (non-hydrogen) atoms. The molecule has 1 N–H and O–H groups in total. The fraction of sp³-hybridized carbons (Fsp3) is 0.429. The van der Waals surface area contributed by atoms with Gasteiger partial charge in [-0.1, -0.05) is 0 Å². The maximum Gasteiger partial charge on any atom is 0.144 e. The van der Waals surface area contributed by atoms with E-state index in [0.717, 1.165) is 21.8 Å². The van der Waals surface area contributed by atoms with Gasteiger partial charge in [-0.05, 0) is 29.8 Å². The number of aryl methyl sites for hydroxylation is 2. The molecule has 1 rings (SSSR count). The summed E-state index contributed by atoms with van der Waals surface area (Å²) in [6.45, 7) is 3.82. The average molecular weight is 216 g/mol. The van der Waals surface area contributed by atoms with Gasteiger partial charge in [-0.25, -0.2) is 9.97 Å². The summed E-state index contributed by atoms with van der Waals surface area (Å²) in [5.41, 5.74) is 0.960. The number of hydrogen-bond acceptors (Lipinski definition) is 3. The van der Waals surface area contributed by atoms with Crippen LogP contribution in [0.15, 0.2) is 4.47 Å². The Balaban J connectivity index is 3.24. The summed E-state index contributed by atoms with van der Waals surface area (Å²) in [6.07, 6.45) is 0. The monoisotopic (exact) mass is 215 g/mol. The molecule has 4 heteroatoms. The van der Waals surface area contributed by atoms with Crippen molar-refractivity contribution in [1.82, 2.24) is 9.97 Å². The van der Waals surface area contributed by atoms with Gasteiger partial charge < -0.3 is 5.32 Å². The van der Waals surface area contributed by atoms with E-state index in [0.29, 0.717) is 0 Å². The molecule has 0 aliphatic rings. The van der Waals surface area contributed by atoms with E-state index in [9.17, 15) is 0 Å². The van der Waals surface area contributed by atoms with Crippen molar-refractivity contribution in [3.05, 3.63) is 16.0 Å². The molecule has 0 aliphatic carbocycles.